The number of nitrogens with two attached hydrogens (primary N) is 1. The first-order chi connectivity index (χ1) is 25.3. The van der Waals surface area contributed by atoms with E-state index in [1.807, 2.05) is 90.6 Å². The summed E-state index contributed by atoms with van der Waals surface area (Å²) < 4.78 is 12.0. The summed E-state index contributed by atoms with van der Waals surface area (Å²) in [6, 6.07) is 8.62. The van der Waals surface area contributed by atoms with Crippen molar-refractivity contribution in [2.75, 3.05) is 39.3 Å². The minimum atomic E-state index is -0.633. The lowest BCUT2D eigenvalue weighted by atomic mass is 9.63. The second-order valence-electron chi connectivity index (χ2n) is 16.2. The Morgan fingerprint density at radius 2 is 1.25 bits per heavy atom. The second-order valence-corrected chi connectivity index (χ2v) is 16.2. The molecule has 0 aromatic heterocycles. The van der Waals surface area contributed by atoms with E-state index in [0.29, 0.717) is 50.1 Å². The van der Waals surface area contributed by atoms with Gasteiger partial charge in [-0.1, -0.05) is 97.6 Å². The average molecular weight is 742 g/mol. The first kappa shape index (κ1) is 44.4. The topological polar surface area (TPSA) is 143 Å². The van der Waals surface area contributed by atoms with Crippen LogP contribution in [0.1, 0.15) is 112 Å². The van der Waals surface area contributed by atoms with Crippen LogP contribution in [0.2, 0.25) is 0 Å². The molecule has 4 N–H and O–H groups in total. The summed E-state index contributed by atoms with van der Waals surface area (Å²) in [4.78, 5) is 53.9. The molecule has 4 aliphatic rings. The van der Waals surface area contributed by atoms with Gasteiger partial charge in [-0.2, -0.15) is 0 Å². The lowest BCUT2D eigenvalue weighted by Crippen LogP contribution is -2.66. The first-order valence-electron chi connectivity index (χ1n) is 20.5. The average Bonchev–Trinajstić information content (AvgIpc) is 3.10. The smallest absolute Gasteiger partial charge is 0.247 e. The molecule has 2 heterocycles. The quantitative estimate of drug-likeness (QED) is 0.222. The van der Waals surface area contributed by atoms with Crippen LogP contribution in [0, 0.1) is 29.1 Å². The number of carbonyl (C=O) groups excluding carboxylic acids is 4. The van der Waals surface area contributed by atoms with Crippen molar-refractivity contribution in [3.05, 3.63) is 35.9 Å². The summed E-state index contributed by atoms with van der Waals surface area (Å²) in [5, 5.41) is 5.81. The fourth-order valence-electron chi connectivity index (χ4n) is 7.24. The van der Waals surface area contributed by atoms with E-state index in [9.17, 15) is 19.2 Å². The maximum absolute atomic E-state index is 13.0. The Balaban J connectivity index is 0.000000273. The maximum Gasteiger partial charge on any atom is 0.247 e. The van der Waals surface area contributed by atoms with Gasteiger partial charge in [-0.3, -0.25) is 19.2 Å². The van der Waals surface area contributed by atoms with Crippen molar-refractivity contribution in [2.45, 2.75) is 138 Å². The summed E-state index contributed by atoms with van der Waals surface area (Å²) in [5.74, 6) is 0.351. The van der Waals surface area contributed by atoms with E-state index in [4.69, 9.17) is 15.2 Å². The molecule has 2 aliphatic heterocycles. The SMILES string of the molecule is CC.CC(C)C(=O)NC(C(=O)N1CC(CN)C1)C(C)OCC1CCCCC1.CC(C)C(=O)NC(C(=O)N1CC2(CCC2)C1)C(C)OCc1ccccc1. The summed E-state index contributed by atoms with van der Waals surface area (Å²) in [7, 11) is 0. The molecular weight excluding hydrogens is 670 g/mol. The van der Waals surface area contributed by atoms with Gasteiger partial charge in [-0.25, -0.2) is 0 Å². The number of hydrogen-bond donors (Lipinski definition) is 3. The molecule has 300 valence electrons. The van der Waals surface area contributed by atoms with E-state index < -0.39 is 12.1 Å². The van der Waals surface area contributed by atoms with Gasteiger partial charge in [-0.15, -0.1) is 0 Å². The number of hydrogen-bond acceptors (Lipinski definition) is 7. The molecule has 4 atom stereocenters. The van der Waals surface area contributed by atoms with E-state index in [0.717, 1.165) is 18.7 Å². The van der Waals surface area contributed by atoms with E-state index >= 15 is 0 Å². The largest absolute Gasteiger partial charge is 0.376 e. The summed E-state index contributed by atoms with van der Waals surface area (Å²) >= 11 is 0. The summed E-state index contributed by atoms with van der Waals surface area (Å²) in [6.45, 7) is 19.8. The molecule has 2 saturated heterocycles. The number of amides is 4. The molecule has 11 heteroatoms. The lowest BCUT2D eigenvalue weighted by molar-refractivity contribution is -0.157. The number of ether oxygens (including phenoxy) is 2. The molecule has 2 saturated carbocycles. The van der Waals surface area contributed by atoms with Gasteiger partial charge in [0.05, 0.1) is 18.8 Å². The van der Waals surface area contributed by atoms with Crippen LogP contribution in [0.15, 0.2) is 30.3 Å². The normalized spacial score (nSPS) is 20.3. The van der Waals surface area contributed by atoms with Crippen molar-refractivity contribution >= 4 is 23.6 Å². The number of nitrogens with one attached hydrogen (secondary N) is 2. The molecule has 53 heavy (non-hydrogen) atoms. The Labute approximate surface area is 319 Å². The van der Waals surface area contributed by atoms with E-state index in [2.05, 4.69) is 10.6 Å². The first-order valence-corrected chi connectivity index (χ1v) is 20.5. The third-order valence-corrected chi connectivity index (χ3v) is 11.2. The Hall–Kier alpha value is -3.02. The monoisotopic (exact) mass is 742 g/mol. The molecule has 4 fully saturated rings. The number of nitrogens with zero attached hydrogens (tertiary/aromatic N) is 2. The highest BCUT2D eigenvalue weighted by molar-refractivity contribution is 5.90. The molecule has 0 bridgehead atoms. The number of benzene rings is 1. The molecule has 1 spiro atoms. The van der Waals surface area contributed by atoms with Gasteiger partial charge < -0.3 is 35.6 Å². The second kappa shape index (κ2) is 21.8. The van der Waals surface area contributed by atoms with Gasteiger partial charge >= 0.3 is 0 Å². The zero-order valence-corrected chi connectivity index (χ0v) is 34.0. The van der Waals surface area contributed by atoms with Gasteiger partial charge in [0.25, 0.3) is 0 Å². The van der Waals surface area contributed by atoms with Gasteiger partial charge in [0, 0.05) is 56.0 Å². The summed E-state index contributed by atoms with van der Waals surface area (Å²) in [5.41, 5.74) is 7.08. The Kier molecular flexibility index (Phi) is 18.2. The predicted molar refractivity (Wildman–Crippen MR) is 210 cm³/mol. The standard InChI is InChI=1S/C21H30N2O3.C19H35N3O3.C2H6/c1-15(2)19(24)22-18(16(3)26-12-17-8-5-4-6-9-17)20(25)23-13-21(14-23)10-7-11-21;1-13(2)18(23)21-17(19(24)22-10-16(9-20)11-22)14(3)25-12-15-7-5-4-6-8-15;1-2/h4-6,8-9,15-16,18H,7,10-14H2,1-3H3,(H,22,24);13-17H,4-12,20H2,1-3H3,(H,21,23);1-2H3. The van der Waals surface area contributed by atoms with Crippen LogP contribution in [0.25, 0.3) is 0 Å². The highest BCUT2D eigenvalue weighted by Crippen LogP contribution is 2.48. The Morgan fingerprint density at radius 1 is 0.736 bits per heavy atom. The van der Waals surface area contributed by atoms with Crippen LogP contribution in [0.4, 0.5) is 0 Å². The van der Waals surface area contributed by atoms with Crippen LogP contribution < -0.4 is 16.4 Å². The summed E-state index contributed by atoms with van der Waals surface area (Å²) in [6.07, 6.45) is 9.26. The molecule has 11 nitrogen and oxygen atoms in total. The molecule has 4 unspecified atom stereocenters. The van der Waals surface area contributed by atoms with Crippen LogP contribution in [0.3, 0.4) is 0 Å². The van der Waals surface area contributed by atoms with Gasteiger partial charge in [0.2, 0.25) is 23.6 Å². The number of carbonyl (C=O) groups is 4. The molecule has 0 radical (unpaired) electrons. The highest BCUT2D eigenvalue weighted by Gasteiger charge is 2.50. The maximum atomic E-state index is 13.0. The molecule has 2 aliphatic carbocycles. The van der Waals surface area contributed by atoms with Gasteiger partial charge in [0.15, 0.2) is 0 Å². The van der Waals surface area contributed by atoms with Crippen molar-refractivity contribution in [2.24, 2.45) is 34.8 Å². The Bertz CT molecular complexity index is 1270. The zero-order chi connectivity index (χ0) is 39.1. The van der Waals surface area contributed by atoms with Crippen molar-refractivity contribution in [3.8, 4) is 0 Å². The van der Waals surface area contributed by atoms with Crippen molar-refractivity contribution < 1.29 is 28.7 Å². The van der Waals surface area contributed by atoms with E-state index in [-0.39, 0.29) is 47.7 Å². The van der Waals surface area contributed by atoms with E-state index in [1.165, 1.54) is 51.4 Å². The van der Waals surface area contributed by atoms with Crippen molar-refractivity contribution in [1.29, 1.82) is 0 Å². The van der Waals surface area contributed by atoms with Gasteiger partial charge in [-0.05, 0) is 57.6 Å². The van der Waals surface area contributed by atoms with Crippen molar-refractivity contribution in [1.82, 2.24) is 20.4 Å². The number of likely N-dealkylation sites (tertiary alicyclic amines) is 2. The van der Waals surface area contributed by atoms with E-state index in [1.54, 1.807) is 4.90 Å². The minimum absolute atomic E-state index is 0.0166. The van der Waals surface area contributed by atoms with Gasteiger partial charge in [0.1, 0.15) is 12.1 Å². The van der Waals surface area contributed by atoms with Crippen LogP contribution in [-0.4, -0.2) is 97.1 Å². The molecular formula is C42H71N5O6. The van der Waals surface area contributed by atoms with Crippen LogP contribution >= 0.6 is 0 Å². The fraction of sp³-hybridized carbons (Fsp3) is 0.762. The lowest BCUT2D eigenvalue weighted by Gasteiger charge is -2.56. The highest BCUT2D eigenvalue weighted by atomic mass is 16.5. The number of rotatable bonds is 15. The van der Waals surface area contributed by atoms with Crippen LogP contribution in [0.5, 0.6) is 0 Å². The van der Waals surface area contributed by atoms with Crippen molar-refractivity contribution in [3.63, 3.8) is 0 Å². The van der Waals surface area contributed by atoms with Crippen LogP contribution in [-0.2, 0) is 35.3 Å². The fourth-order valence-corrected chi connectivity index (χ4v) is 7.24. The molecule has 4 amide bonds. The molecule has 1 aromatic rings. The predicted octanol–water partition coefficient (Wildman–Crippen LogP) is 5.30. The third kappa shape index (κ3) is 13.1. The Morgan fingerprint density at radius 3 is 1.72 bits per heavy atom. The molecule has 1 aromatic carbocycles. The zero-order valence-electron chi connectivity index (χ0n) is 34.0. The molecule has 5 rings (SSSR count). The minimum Gasteiger partial charge on any atom is -0.376 e. The third-order valence-electron chi connectivity index (χ3n) is 11.2.